The second-order valence-electron chi connectivity index (χ2n) is 9.66. The van der Waals surface area contributed by atoms with E-state index < -0.39 is 10.1 Å². The fourth-order valence-corrected chi connectivity index (χ4v) is 5.94. The van der Waals surface area contributed by atoms with Gasteiger partial charge in [0.2, 0.25) is 0 Å². The van der Waals surface area contributed by atoms with Crippen molar-refractivity contribution < 1.29 is 17.3 Å². The van der Waals surface area contributed by atoms with Crippen molar-refractivity contribution in [2.75, 3.05) is 0 Å². The summed E-state index contributed by atoms with van der Waals surface area (Å²) in [6.45, 7) is 8.39. The average molecular weight is 455 g/mol. The molecule has 0 amide bonds. The van der Waals surface area contributed by atoms with Crippen LogP contribution in [0.1, 0.15) is 75.5 Å². The lowest BCUT2D eigenvalue weighted by molar-refractivity contribution is 0.0118. The van der Waals surface area contributed by atoms with Crippen LogP contribution < -0.4 is 8.92 Å². The van der Waals surface area contributed by atoms with E-state index in [4.69, 9.17) is 8.92 Å². The average Bonchev–Trinajstić information content (AvgIpc) is 2.73. The third kappa shape index (κ3) is 4.59. The van der Waals surface area contributed by atoms with Gasteiger partial charge in [-0.3, -0.25) is 0 Å². The lowest BCUT2D eigenvalue weighted by atomic mass is 9.69. The Morgan fingerprint density at radius 1 is 1.12 bits per heavy atom. The largest absolute Gasteiger partial charge is 0.487 e. The van der Waals surface area contributed by atoms with Crippen molar-refractivity contribution >= 4 is 10.1 Å². The zero-order chi connectivity index (χ0) is 22.9. The van der Waals surface area contributed by atoms with Crippen LogP contribution in [0.5, 0.6) is 11.5 Å². The van der Waals surface area contributed by atoms with Crippen LogP contribution in [0.15, 0.2) is 53.4 Å². The molecule has 2 aliphatic rings. The summed E-state index contributed by atoms with van der Waals surface area (Å²) in [4.78, 5) is 0.168. The Labute approximate surface area is 192 Å². The van der Waals surface area contributed by atoms with Gasteiger partial charge in [0.1, 0.15) is 16.2 Å². The normalized spacial score (nSPS) is 21.4. The number of unbranched alkanes of at least 4 members (excludes halogenated alkanes) is 2. The first-order valence-electron chi connectivity index (χ1n) is 11.7. The molecule has 32 heavy (non-hydrogen) atoms. The number of ether oxygens (including phenoxy) is 1. The second kappa shape index (κ2) is 8.93. The molecule has 0 aromatic heterocycles. The lowest BCUT2D eigenvalue weighted by Gasteiger charge is -2.46. The van der Waals surface area contributed by atoms with Gasteiger partial charge in [-0.05, 0) is 76.3 Å². The third-order valence-electron chi connectivity index (χ3n) is 6.76. The fourth-order valence-electron chi connectivity index (χ4n) is 5.00. The second-order valence-corrected chi connectivity index (χ2v) is 11.2. The maximum atomic E-state index is 13.2. The van der Waals surface area contributed by atoms with Crippen LogP contribution in [0.25, 0.3) is 0 Å². The maximum absolute atomic E-state index is 13.2. The number of benzene rings is 2. The minimum Gasteiger partial charge on any atom is -0.487 e. The highest BCUT2D eigenvalue weighted by molar-refractivity contribution is 7.87. The summed E-state index contributed by atoms with van der Waals surface area (Å²) in [6, 6.07) is 10.8. The molecule has 1 aliphatic heterocycles. The van der Waals surface area contributed by atoms with Gasteiger partial charge >= 0.3 is 10.1 Å². The number of hydrogen-bond acceptors (Lipinski definition) is 4. The molecule has 0 spiro atoms. The van der Waals surface area contributed by atoms with Crippen molar-refractivity contribution in [3.63, 3.8) is 0 Å². The molecule has 0 saturated heterocycles. The molecule has 2 atom stereocenters. The van der Waals surface area contributed by atoms with E-state index in [1.54, 1.807) is 24.3 Å². The van der Waals surface area contributed by atoms with Crippen molar-refractivity contribution in [2.24, 2.45) is 5.92 Å². The predicted molar refractivity (Wildman–Crippen MR) is 128 cm³/mol. The third-order valence-corrected chi connectivity index (χ3v) is 8.01. The zero-order valence-corrected chi connectivity index (χ0v) is 20.4. The quantitative estimate of drug-likeness (QED) is 0.265. The molecule has 1 heterocycles. The van der Waals surface area contributed by atoms with Gasteiger partial charge in [-0.25, -0.2) is 0 Å². The summed E-state index contributed by atoms with van der Waals surface area (Å²) in [6.07, 6.45) is 10.6. The molecule has 172 valence electrons. The van der Waals surface area contributed by atoms with E-state index in [1.807, 2.05) is 13.0 Å². The Bertz CT molecular complexity index is 1100. The first-order valence-corrected chi connectivity index (χ1v) is 13.2. The number of fused-ring (bicyclic) bond motifs is 3. The molecule has 4 rings (SSSR count). The van der Waals surface area contributed by atoms with E-state index in [2.05, 4.69) is 39.0 Å². The van der Waals surface area contributed by atoms with Gasteiger partial charge in [0.15, 0.2) is 5.75 Å². The Morgan fingerprint density at radius 2 is 1.88 bits per heavy atom. The van der Waals surface area contributed by atoms with Gasteiger partial charge in [-0.1, -0.05) is 49.6 Å². The first-order chi connectivity index (χ1) is 15.2. The van der Waals surface area contributed by atoms with Crippen LogP contribution in [0.4, 0.5) is 0 Å². The van der Waals surface area contributed by atoms with Gasteiger partial charge < -0.3 is 8.92 Å². The number of allylic oxidation sites excluding steroid dienone is 2. The zero-order valence-electron chi connectivity index (χ0n) is 19.6. The summed E-state index contributed by atoms with van der Waals surface area (Å²) in [5.41, 5.74) is 2.60. The van der Waals surface area contributed by atoms with E-state index in [0.29, 0.717) is 5.75 Å². The van der Waals surface area contributed by atoms with E-state index in [9.17, 15) is 8.42 Å². The highest BCUT2D eigenvalue weighted by Gasteiger charge is 2.45. The Balaban J connectivity index is 1.79. The van der Waals surface area contributed by atoms with Crippen LogP contribution in [0, 0.1) is 12.8 Å². The van der Waals surface area contributed by atoms with Gasteiger partial charge in [0.25, 0.3) is 0 Å². The van der Waals surface area contributed by atoms with E-state index >= 15 is 0 Å². The summed E-state index contributed by atoms with van der Waals surface area (Å²) >= 11 is 0. The Kier molecular flexibility index (Phi) is 6.39. The standard InChI is InChI=1S/C27H34O4S/c1-5-6-7-10-20-17-24-26(22-11-8-9-12-23(22)27(3,4)30-24)25(18-20)31-32(28,29)21-15-13-19(2)14-16-21/h8,11,13-18,22-23H,5-7,9-10,12H2,1-4H3. The van der Waals surface area contributed by atoms with Crippen molar-refractivity contribution in [1.82, 2.24) is 0 Å². The van der Waals surface area contributed by atoms with Crippen molar-refractivity contribution in [1.29, 1.82) is 0 Å². The molecule has 2 unspecified atom stereocenters. The topological polar surface area (TPSA) is 52.6 Å². The van der Waals surface area contributed by atoms with Crippen LogP contribution >= 0.6 is 0 Å². The molecule has 1 aliphatic carbocycles. The molecule has 0 bridgehead atoms. The van der Waals surface area contributed by atoms with Crippen LogP contribution in [0.3, 0.4) is 0 Å². The van der Waals surface area contributed by atoms with Gasteiger partial charge in [0, 0.05) is 17.4 Å². The molecule has 0 radical (unpaired) electrons. The highest BCUT2D eigenvalue weighted by atomic mass is 32.2. The van der Waals surface area contributed by atoms with Crippen LogP contribution in [-0.2, 0) is 16.5 Å². The van der Waals surface area contributed by atoms with Crippen molar-refractivity contribution in [2.45, 2.75) is 82.6 Å². The monoisotopic (exact) mass is 454 g/mol. The maximum Gasteiger partial charge on any atom is 0.339 e. The van der Waals surface area contributed by atoms with Crippen LogP contribution in [0.2, 0.25) is 0 Å². The smallest absolute Gasteiger partial charge is 0.339 e. The van der Waals surface area contributed by atoms with Gasteiger partial charge in [0.05, 0.1) is 0 Å². The van der Waals surface area contributed by atoms with Crippen molar-refractivity contribution in [3.8, 4) is 11.5 Å². The minimum absolute atomic E-state index is 0.0791. The Morgan fingerprint density at radius 3 is 2.59 bits per heavy atom. The predicted octanol–water partition coefficient (Wildman–Crippen LogP) is 6.72. The molecule has 0 fully saturated rings. The fraction of sp³-hybridized carbons (Fsp3) is 0.481. The summed E-state index contributed by atoms with van der Waals surface area (Å²) in [5, 5.41) is 0. The highest BCUT2D eigenvalue weighted by Crippen LogP contribution is 2.53. The molecule has 0 N–H and O–H groups in total. The lowest BCUT2D eigenvalue weighted by Crippen LogP contribution is -2.45. The summed E-state index contributed by atoms with van der Waals surface area (Å²) < 4.78 is 38.7. The van der Waals surface area contributed by atoms with Gasteiger partial charge in [-0.2, -0.15) is 8.42 Å². The number of rotatable bonds is 7. The molecule has 0 saturated carbocycles. The molecule has 4 nitrogen and oxygen atoms in total. The summed E-state index contributed by atoms with van der Waals surface area (Å²) in [7, 11) is -3.95. The van der Waals surface area contributed by atoms with Gasteiger partial charge in [-0.15, -0.1) is 0 Å². The first kappa shape index (κ1) is 22.9. The molecule has 2 aromatic rings. The van der Waals surface area contributed by atoms with E-state index in [0.717, 1.165) is 61.0 Å². The number of aryl methyl sites for hydroxylation is 2. The van der Waals surface area contributed by atoms with Crippen LogP contribution in [-0.4, -0.2) is 14.0 Å². The number of hydrogen-bond donors (Lipinski definition) is 0. The van der Waals surface area contributed by atoms with E-state index in [-0.39, 0.29) is 22.3 Å². The van der Waals surface area contributed by atoms with E-state index in [1.165, 1.54) is 0 Å². The SMILES string of the molecule is CCCCCc1cc2c(c(OS(=O)(=O)c3ccc(C)cc3)c1)C1C=CCCC1C(C)(C)O2. The van der Waals surface area contributed by atoms with Crippen molar-refractivity contribution in [3.05, 3.63) is 65.2 Å². The summed E-state index contributed by atoms with van der Waals surface area (Å²) in [5.74, 6) is 1.52. The minimum atomic E-state index is -3.95. The molecular weight excluding hydrogens is 420 g/mol. The Hall–Kier alpha value is -2.27. The molecular formula is C27H34O4S. The molecule has 2 aromatic carbocycles. The molecule has 5 heteroatoms.